The van der Waals surface area contributed by atoms with Gasteiger partial charge in [0.25, 0.3) is 0 Å². The number of nitrogens with zero attached hydrogens (tertiary/aromatic N) is 1. The van der Waals surface area contributed by atoms with E-state index in [1.807, 2.05) is 30.3 Å². The second-order valence-corrected chi connectivity index (χ2v) is 10.1. The Morgan fingerprint density at radius 3 is 1.76 bits per heavy atom. The Balaban J connectivity index is 0.00000380. The molecule has 1 fully saturated rings. The first-order valence-electron chi connectivity index (χ1n) is 11.2. The van der Waals surface area contributed by atoms with Gasteiger partial charge in [-0.15, -0.1) is 12.4 Å². The molecule has 37 heavy (non-hydrogen) atoms. The van der Waals surface area contributed by atoms with E-state index in [9.17, 15) is 9.59 Å². The molecule has 0 aliphatic carbocycles. The topological polar surface area (TPSA) is 63.4 Å². The first-order chi connectivity index (χ1) is 17.2. The van der Waals surface area contributed by atoms with Crippen molar-refractivity contribution in [3.63, 3.8) is 0 Å². The molecule has 1 heterocycles. The standard InChI is InChI=1S/C28H22Cl4N2O2.ClH/c29-22-8-6-18(12-24(22)31)10-20-15-34(28(36)26(33)14-17-4-2-1-3-5-17)16-21(27(20)35)11-19-7-9-23(30)25(32)13-19;/h1-13,26H,14-16,33H2;1H. The first-order valence-corrected chi connectivity index (χ1v) is 12.7. The maximum atomic E-state index is 13.4. The Morgan fingerprint density at radius 1 is 0.811 bits per heavy atom. The van der Waals surface area contributed by atoms with Gasteiger partial charge in [-0.2, -0.15) is 0 Å². The van der Waals surface area contributed by atoms with Crippen molar-refractivity contribution < 1.29 is 9.59 Å². The molecule has 1 atom stereocenters. The van der Waals surface area contributed by atoms with E-state index < -0.39 is 6.04 Å². The van der Waals surface area contributed by atoms with E-state index in [1.165, 1.54) is 0 Å². The zero-order chi connectivity index (χ0) is 25.8. The zero-order valence-corrected chi connectivity index (χ0v) is 23.3. The van der Waals surface area contributed by atoms with Crippen molar-refractivity contribution in [2.45, 2.75) is 12.5 Å². The molecule has 1 amide bonds. The molecule has 0 saturated carbocycles. The quantitative estimate of drug-likeness (QED) is 0.318. The van der Waals surface area contributed by atoms with Crippen molar-refractivity contribution in [2.24, 2.45) is 5.73 Å². The molecule has 9 heteroatoms. The number of halogens is 5. The summed E-state index contributed by atoms with van der Waals surface area (Å²) in [4.78, 5) is 28.4. The van der Waals surface area contributed by atoms with Gasteiger partial charge >= 0.3 is 0 Å². The summed E-state index contributed by atoms with van der Waals surface area (Å²) >= 11 is 24.4. The number of carbonyl (C=O) groups is 2. The Morgan fingerprint density at radius 2 is 1.30 bits per heavy atom. The molecule has 1 saturated heterocycles. The number of amides is 1. The van der Waals surface area contributed by atoms with Gasteiger partial charge in [-0.25, -0.2) is 0 Å². The van der Waals surface area contributed by atoms with Gasteiger partial charge in [-0.3, -0.25) is 9.59 Å². The lowest BCUT2D eigenvalue weighted by molar-refractivity contribution is -0.132. The van der Waals surface area contributed by atoms with E-state index in [0.717, 1.165) is 5.56 Å². The molecule has 0 radical (unpaired) electrons. The van der Waals surface area contributed by atoms with Crippen LogP contribution in [0.5, 0.6) is 0 Å². The van der Waals surface area contributed by atoms with Crippen LogP contribution in [-0.2, 0) is 16.0 Å². The van der Waals surface area contributed by atoms with Gasteiger partial charge in [0.1, 0.15) is 0 Å². The summed E-state index contributed by atoms with van der Waals surface area (Å²) in [5.41, 5.74) is 9.54. The molecular weight excluding hydrogens is 574 g/mol. The van der Waals surface area contributed by atoms with E-state index in [2.05, 4.69) is 0 Å². The van der Waals surface area contributed by atoms with Crippen LogP contribution >= 0.6 is 58.8 Å². The number of rotatable bonds is 5. The third-order valence-corrected chi connectivity index (χ3v) is 7.28. The van der Waals surface area contributed by atoms with Crippen LogP contribution in [0.15, 0.2) is 77.9 Å². The number of nitrogens with two attached hydrogens (primary N) is 1. The maximum absolute atomic E-state index is 13.4. The van der Waals surface area contributed by atoms with Crippen LogP contribution in [0, 0.1) is 0 Å². The molecule has 1 aliphatic heterocycles. The van der Waals surface area contributed by atoms with Crippen LogP contribution in [0.25, 0.3) is 12.2 Å². The number of carbonyl (C=O) groups excluding carboxylic acids is 2. The van der Waals surface area contributed by atoms with Gasteiger partial charge in [0, 0.05) is 24.2 Å². The molecule has 4 rings (SSSR count). The predicted molar refractivity (Wildman–Crippen MR) is 156 cm³/mol. The molecule has 2 N–H and O–H groups in total. The Labute approximate surface area is 242 Å². The smallest absolute Gasteiger partial charge is 0.240 e. The van der Waals surface area contributed by atoms with Crippen molar-refractivity contribution in [2.75, 3.05) is 13.1 Å². The highest BCUT2D eigenvalue weighted by Crippen LogP contribution is 2.28. The van der Waals surface area contributed by atoms with Gasteiger partial charge in [0.2, 0.25) is 5.91 Å². The summed E-state index contributed by atoms with van der Waals surface area (Å²) in [5, 5.41) is 1.58. The molecule has 192 valence electrons. The molecule has 0 bridgehead atoms. The summed E-state index contributed by atoms with van der Waals surface area (Å²) < 4.78 is 0. The minimum absolute atomic E-state index is 0. The number of hydrogen-bond donors (Lipinski definition) is 1. The van der Waals surface area contributed by atoms with Gasteiger partial charge in [-0.05, 0) is 59.5 Å². The SMILES string of the molecule is Cl.NC(Cc1ccccc1)C(=O)N1CC(=Cc2ccc(Cl)c(Cl)c2)C(=O)C(=Cc2ccc(Cl)c(Cl)c2)C1. The normalized spacial score (nSPS) is 16.6. The number of ketones is 1. The fourth-order valence-corrected chi connectivity index (χ4v) is 4.60. The van der Waals surface area contributed by atoms with Gasteiger partial charge in [-0.1, -0.05) is 88.9 Å². The number of benzene rings is 3. The third-order valence-electron chi connectivity index (χ3n) is 5.80. The van der Waals surface area contributed by atoms with E-state index >= 15 is 0 Å². The molecule has 3 aromatic carbocycles. The van der Waals surface area contributed by atoms with Crippen LogP contribution in [0.1, 0.15) is 16.7 Å². The lowest BCUT2D eigenvalue weighted by Gasteiger charge is -2.32. The Bertz CT molecular complexity index is 1300. The summed E-state index contributed by atoms with van der Waals surface area (Å²) in [6.07, 6.45) is 3.83. The highest BCUT2D eigenvalue weighted by molar-refractivity contribution is 6.42. The van der Waals surface area contributed by atoms with Crippen molar-refractivity contribution in [1.82, 2.24) is 4.90 Å². The number of likely N-dealkylation sites (tertiary alicyclic amines) is 1. The lowest BCUT2D eigenvalue weighted by Crippen LogP contribution is -2.49. The minimum atomic E-state index is -0.752. The van der Waals surface area contributed by atoms with Crippen LogP contribution in [-0.4, -0.2) is 35.7 Å². The van der Waals surface area contributed by atoms with Crippen LogP contribution in [0.2, 0.25) is 20.1 Å². The van der Waals surface area contributed by atoms with Crippen molar-refractivity contribution >= 4 is 82.7 Å². The summed E-state index contributed by atoms with van der Waals surface area (Å²) in [7, 11) is 0. The van der Waals surface area contributed by atoms with Crippen molar-refractivity contribution in [3.8, 4) is 0 Å². The largest absolute Gasteiger partial charge is 0.332 e. The average Bonchev–Trinajstić information content (AvgIpc) is 2.86. The van der Waals surface area contributed by atoms with Crippen LogP contribution < -0.4 is 5.73 Å². The van der Waals surface area contributed by atoms with E-state index in [4.69, 9.17) is 52.1 Å². The first kappa shape index (κ1) is 29.2. The van der Waals surface area contributed by atoms with Crippen LogP contribution in [0.4, 0.5) is 0 Å². The van der Waals surface area contributed by atoms with Gasteiger partial charge in [0.15, 0.2) is 5.78 Å². The summed E-state index contributed by atoms with van der Waals surface area (Å²) in [6.45, 7) is 0.248. The number of Topliss-reactive ketones (excluding diaryl/α,β-unsaturated/α-hetero) is 1. The second-order valence-electron chi connectivity index (χ2n) is 8.51. The molecule has 4 nitrogen and oxygen atoms in total. The third kappa shape index (κ3) is 7.38. The van der Waals surface area contributed by atoms with Crippen molar-refractivity contribution in [1.29, 1.82) is 0 Å². The summed E-state index contributed by atoms with van der Waals surface area (Å²) in [5.74, 6) is -0.417. The molecule has 1 unspecified atom stereocenters. The van der Waals surface area contributed by atoms with Gasteiger partial charge < -0.3 is 10.6 Å². The number of hydrogen-bond acceptors (Lipinski definition) is 3. The number of piperidine rings is 1. The maximum Gasteiger partial charge on any atom is 0.240 e. The van der Waals surface area contributed by atoms with E-state index in [0.29, 0.717) is 48.8 Å². The Hall–Kier alpha value is -2.31. The minimum Gasteiger partial charge on any atom is -0.332 e. The lowest BCUT2D eigenvalue weighted by atomic mass is 9.93. The molecule has 0 aromatic heterocycles. The Kier molecular flexibility index (Phi) is 10.3. The van der Waals surface area contributed by atoms with Crippen LogP contribution in [0.3, 0.4) is 0 Å². The van der Waals surface area contributed by atoms with Crippen molar-refractivity contribution in [3.05, 3.63) is 115 Å². The molecule has 0 spiro atoms. The second kappa shape index (κ2) is 13.0. The molecule has 3 aromatic rings. The molecule has 1 aliphatic rings. The predicted octanol–water partition coefficient (Wildman–Crippen LogP) is 7.17. The van der Waals surface area contributed by atoms with E-state index in [-0.39, 0.29) is 37.2 Å². The molecular formula is C28H23Cl5N2O2. The monoisotopic (exact) mass is 594 g/mol. The fourth-order valence-electron chi connectivity index (χ4n) is 3.99. The highest BCUT2D eigenvalue weighted by Gasteiger charge is 2.31. The summed E-state index contributed by atoms with van der Waals surface area (Å²) in [6, 6.07) is 19.0. The fraction of sp³-hybridized carbons (Fsp3) is 0.143. The van der Waals surface area contributed by atoms with E-state index in [1.54, 1.807) is 53.5 Å². The van der Waals surface area contributed by atoms with Gasteiger partial charge in [0.05, 0.1) is 26.1 Å². The zero-order valence-electron chi connectivity index (χ0n) is 19.5. The average molecular weight is 597 g/mol. The highest BCUT2D eigenvalue weighted by atomic mass is 35.5.